The van der Waals surface area contributed by atoms with E-state index in [0.29, 0.717) is 17.7 Å². The summed E-state index contributed by atoms with van der Waals surface area (Å²) in [5, 5.41) is 3.02. The fourth-order valence-corrected chi connectivity index (χ4v) is 3.06. The summed E-state index contributed by atoms with van der Waals surface area (Å²) in [5.74, 6) is -0.232. The van der Waals surface area contributed by atoms with Gasteiger partial charge in [0.05, 0.1) is 11.9 Å². The van der Waals surface area contributed by atoms with Crippen molar-refractivity contribution in [2.75, 3.05) is 17.6 Å². The van der Waals surface area contributed by atoms with E-state index >= 15 is 0 Å². The van der Waals surface area contributed by atoms with E-state index in [0.717, 1.165) is 16.1 Å². The number of hydrogen-bond acceptors (Lipinski definition) is 3. The Bertz CT molecular complexity index is 846. The molecule has 0 aliphatic heterocycles. The van der Waals surface area contributed by atoms with Gasteiger partial charge in [0, 0.05) is 18.2 Å². The minimum Gasteiger partial charge on any atom is -0.347 e. The van der Waals surface area contributed by atoms with E-state index in [1.807, 2.05) is 44.2 Å². The van der Waals surface area contributed by atoms with Crippen LogP contribution in [-0.2, 0) is 16.4 Å². The molecule has 0 aromatic heterocycles. The minimum absolute atomic E-state index is 0.232. The number of amides is 1. The van der Waals surface area contributed by atoms with Crippen molar-refractivity contribution in [3.63, 3.8) is 0 Å². The molecule has 0 bridgehead atoms. The SMILES string of the molecule is CN(c1cccc(C(=O)NC(C)(C)Cc2ccccc2)c1)S(C)(=O)=O. The molecule has 0 radical (unpaired) electrons. The average molecular weight is 360 g/mol. The molecule has 0 unspecified atom stereocenters. The lowest BCUT2D eigenvalue weighted by atomic mass is 9.94. The molecule has 0 aliphatic rings. The topological polar surface area (TPSA) is 66.5 Å². The normalized spacial score (nSPS) is 11.8. The number of nitrogens with zero attached hydrogens (tertiary/aromatic N) is 1. The van der Waals surface area contributed by atoms with Crippen molar-refractivity contribution >= 4 is 21.6 Å². The number of nitrogens with one attached hydrogen (secondary N) is 1. The fourth-order valence-electron chi connectivity index (χ4n) is 2.56. The van der Waals surface area contributed by atoms with Crippen LogP contribution >= 0.6 is 0 Å². The summed E-state index contributed by atoms with van der Waals surface area (Å²) in [7, 11) is -1.91. The van der Waals surface area contributed by atoms with Gasteiger partial charge in [0.1, 0.15) is 0 Å². The Balaban J connectivity index is 2.15. The Morgan fingerprint density at radius 1 is 1.08 bits per heavy atom. The van der Waals surface area contributed by atoms with E-state index in [4.69, 9.17) is 0 Å². The molecule has 0 spiro atoms. The van der Waals surface area contributed by atoms with Crippen LogP contribution in [0.5, 0.6) is 0 Å². The van der Waals surface area contributed by atoms with Gasteiger partial charge in [-0.1, -0.05) is 36.4 Å². The molecule has 6 heteroatoms. The van der Waals surface area contributed by atoms with E-state index in [1.54, 1.807) is 24.3 Å². The Hall–Kier alpha value is -2.34. The van der Waals surface area contributed by atoms with Gasteiger partial charge in [-0.05, 0) is 44.0 Å². The van der Waals surface area contributed by atoms with Gasteiger partial charge in [0.15, 0.2) is 0 Å². The van der Waals surface area contributed by atoms with Crippen LogP contribution in [-0.4, -0.2) is 33.2 Å². The summed E-state index contributed by atoms with van der Waals surface area (Å²) in [5.41, 5.74) is 1.58. The van der Waals surface area contributed by atoms with Gasteiger partial charge in [-0.15, -0.1) is 0 Å². The molecule has 134 valence electrons. The molecule has 0 saturated carbocycles. The van der Waals surface area contributed by atoms with Gasteiger partial charge in [-0.3, -0.25) is 9.10 Å². The highest BCUT2D eigenvalue weighted by Crippen LogP contribution is 2.19. The highest BCUT2D eigenvalue weighted by atomic mass is 32.2. The number of carbonyl (C=O) groups is 1. The maximum absolute atomic E-state index is 12.6. The summed E-state index contributed by atoms with van der Waals surface area (Å²) in [4.78, 5) is 12.6. The second kappa shape index (κ2) is 7.27. The number of hydrogen-bond donors (Lipinski definition) is 1. The van der Waals surface area contributed by atoms with Crippen LogP contribution in [0, 0.1) is 0 Å². The molecule has 1 amide bonds. The smallest absolute Gasteiger partial charge is 0.251 e. The first-order valence-corrected chi connectivity index (χ1v) is 9.84. The molecule has 2 aromatic carbocycles. The Kier molecular flexibility index (Phi) is 5.52. The highest BCUT2D eigenvalue weighted by molar-refractivity contribution is 7.92. The third kappa shape index (κ3) is 5.32. The number of rotatable bonds is 6. The van der Waals surface area contributed by atoms with E-state index in [-0.39, 0.29) is 5.91 Å². The van der Waals surface area contributed by atoms with E-state index < -0.39 is 15.6 Å². The second-order valence-electron chi connectivity index (χ2n) is 6.78. The Labute approximate surface area is 149 Å². The lowest BCUT2D eigenvalue weighted by Crippen LogP contribution is -2.45. The van der Waals surface area contributed by atoms with Crippen LogP contribution < -0.4 is 9.62 Å². The number of anilines is 1. The van der Waals surface area contributed by atoms with Crippen LogP contribution in [0.3, 0.4) is 0 Å². The van der Waals surface area contributed by atoms with Crippen molar-refractivity contribution in [3.8, 4) is 0 Å². The molecule has 1 N–H and O–H groups in total. The van der Waals surface area contributed by atoms with Crippen LogP contribution in [0.1, 0.15) is 29.8 Å². The molecule has 0 fully saturated rings. The van der Waals surface area contributed by atoms with Crippen molar-refractivity contribution in [2.45, 2.75) is 25.8 Å². The fraction of sp³-hybridized carbons (Fsp3) is 0.316. The molecule has 0 saturated heterocycles. The maximum atomic E-state index is 12.6. The van der Waals surface area contributed by atoms with Gasteiger partial charge < -0.3 is 5.32 Å². The third-order valence-corrected chi connectivity index (χ3v) is 5.12. The molecule has 0 aliphatic carbocycles. The van der Waals surface area contributed by atoms with Crippen LogP contribution in [0.15, 0.2) is 54.6 Å². The number of sulfonamides is 1. The zero-order valence-electron chi connectivity index (χ0n) is 15.0. The summed E-state index contributed by atoms with van der Waals surface area (Å²) in [6.45, 7) is 3.93. The lowest BCUT2D eigenvalue weighted by Gasteiger charge is -2.27. The first kappa shape index (κ1) is 19.0. The quantitative estimate of drug-likeness (QED) is 0.861. The standard InChI is InChI=1S/C19H24N2O3S/c1-19(2,14-15-9-6-5-7-10-15)20-18(22)16-11-8-12-17(13-16)21(3)25(4,23)24/h5-13H,14H2,1-4H3,(H,20,22). The molecule has 5 nitrogen and oxygen atoms in total. The summed E-state index contributed by atoms with van der Waals surface area (Å²) in [6, 6.07) is 16.5. The predicted octanol–water partition coefficient (Wildman–Crippen LogP) is 2.83. The summed E-state index contributed by atoms with van der Waals surface area (Å²) in [6.07, 6.45) is 1.82. The molecular weight excluding hydrogens is 336 g/mol. The van der Waals surface area contributed by atoms with Crippen molar-refractivity contribution in [1.82, 2.24) is 5.32 Å². The first-order chi connectivity index (χ1) is 11.6. The largest absolute Gasteiger partial charge is 0.347 e. The van der Waals surface area contributed by atoms with Crippen LogP contribution in [0.4, 0.5) is 5.69 Å². The van der Waals surface area contributed by atoms with Gasteiger partial charge in [-0.25, -0.2) is 8.42 Å². The van der Waals surface area contributed by atoms with Gasteiger partial charge in [0.25, 0.3) is 5.91 Å². The van der Waals surface area contributed by atoms with E-state index in [2.05, 4.69) is 5.32 Å². The number of benzene rings is 2. The zero-order valence-corrected chi connectivity index (χ0v) is 15.8. The Morgan fingerprint density at radius 2 is 1.72 bits per heavy atom. The molecule has 2 rings (SSSR count). The molecule has 25 heavy (non-hydrogen) atoms. The van der Waals surface area contributed by atoms with Crippen molar-refractivity contribution in [3.05, 3.63) is 65.7 Å². The van der Waals surface area contributed by atoms with Crippen molar-refractivity contribution in [1.29, 1.82) is 0 Å². The molecule has 0 heterocycles. The van der Waals surface area contributed by atoms with Crippen molar-refractivity contribution in [2.24, 2.45) is 0 Å². The lowest BCUT2D eigenvalue weighted by molar-refractivity contribution is 0.0913. The first-order valence-electron chi connectivity index (χ1n) is 7.99. The minimum atomic E-state index is -3.37. The summed E-state index contributed by atoms with van der Waals surface area (Å²) < 4.78 is 24.5. The van der Waals surface area contributed by atoms with Crippen molar-refractivity contribution < 1.29 is 13.2 Å². The van der Waals surface area contributed by atoms with Gasteiger partial charge >= 0.3 is 0 Å². The second-order valence-corrected chi connectivity index (χ2v) is 8.79. The van der Waals surface area contributed by atoms with Crippen LogP contribution in [0.2, 0.25) is 0 Å². The molecule has 2 aromatic rings. The third-order valence-electron chi connectivity index (χ3n) is 3.91. The monoisotopic (exact) mass is 360 g/mol. The predicted molar refractivity (Wildman–Crippen MR) is 101 cm³/mol. The zero-order chi connectivity index (χ0) is 18.7. The highest BCUT2D eigenvalue weighted by Gasteiger charge is 2.22. The van der Waals surface area contributed by atoms with Crippen LogP contribution in [0.25, 0.3) is 0 Å². The van der Waals surface area contributed by atoms with E-state index in [1.165, 1.54) is 7.05 Å². The molecule has 0 atom stereocenters. The van der Waals surface area contributed by atoms with E-state index in [9.17, 15) is 13.2 Å². The van der Waals surface area contributed by atoms with Gasteiger partial charge in [-0.2, -0.15) is 0 Å². The average Bonchev–Trinajstić information content (AvgIpc) is 2.53. The van der Waals surface area contributed by atoms with Gasteiger partial charge in [0.2, 0.25) is 10.0 Å². The maximum Gasteiger partial charge on any atom is 0.251 e. The molecular formula is C19H24N2O3S. The summed E-state index contributed by atoms with van der Waals surface area (Å²) >= 11 is 0. The number of carbonyl (C=O) groups excluding carboxylic acids is 1. The Morgan fingerprint density at radius 3 is 2.32 bits per heavy atom.